The molecule has 0 atom stereocenters. The molecule has 0 N–H and O–H groups in total. The molecule has 3 heterocycles. The first kappa shape index (κ1) is 18.2. The molecule has 0 radical (unpaired) electrons. The highest BCUT2D eigenvalue weighted by molar-refractivity contribution is 6.00. The molecule has 0 saturated carbocycles. The van der Waals surface area contributed by atoms with Gasteiger partial charge in [0.2, 0.25) is 5.91 Å². The summed E-state index contributed by atoms with van der Waals surface area (Å²) in [5.41, 5.74) is 5.40. The summed E-state index contributed by atoms with van der Waals surface area (Å²) >= 11 is 0. The van der Waals surface area contributed by atoms with Crippen LogP contribution in [0.4, 0.5) is 0 Å². The Morgan fingerprint density at radius 1 is 0.964 bits per heavy atom. The third-order valence-corrected chi connectivity index (χ3v) is 5.45. The molecule has 0 aliphatic carbocycles. The fraction of sp³-hybridized carbons (Fsp3) is 0.333. The van der Waals surface area contributed by atoms with Crippen LogP contribution in [0.2, 0.25) is 0 Å². The van der Waals surface area contributed by atoms with Crippen molar-refractivity contribution in [3.8, 4) is 11.3 Å². The van der Waals surface area contributed by atoms with Gasteiger partial charge in [-0.15, -0.1) is 0 Å². The molecular weight excluding hydrogens is 354 g/mol. The van der Waals surface area contributed by atoms with Crippen molar-refractivity contribution in [3.05, 3.63) is 53.3 Å². The first-order chi connectivity index (χ1) is 13.5. The van der Waals surface area contributed by atoms with Crippen LogP contribution in [0.5, 0.6) is 0 Å². The predicted octanol–water partition coefficient (Wildman–Crippen LogP) is 2.32. The summed E-state index contributed by atoms with van der Waals surface area (Å²) < 4.78 is 1.73. The molecule has 0 unspecified atom stereocenters. The average Bonchev–Trinajstić information content (AvgIpc) is 3.14. The average molecular weight is 377 g/mol. The van der Waals surface area contributed by atoms with E-state index in [9.17, 15) is 9.59 Å². The van der Waals surface area contributed by atoms with Crippen molar-refractivity contribution in [1.82, 2.24) is 24.4 Å². The van der Waals surface area contributed by atoms with Gasteiger partial charge in [0.15, 0.2) is 5.65 Å². The van der Waals surface area contributed by atoms with Crippen molar-refractivity contribution >= 4 is 17.5 Å². The second-order valence-electron chi connectivity index (χ2n) is 7.22. The maximum atomic E-state index is 13.0. The number of fused-ring (bicyclic) bond motifs is 1. The molecule has 4 rings (SSSR count). The Hall–Kier alpha value is -3.22. The molecule has 1 fully saturated rings. The Bertz CT molecular complexity index is 1060. The molecule has 1 aromatic carbocycles. The summed E-state index contributed by atoms with van der Waals surface area (Å²) in [5.74, 6) is -0.0503. The topological polar surface area (TPSA) is 70.8 Å². The predicted molar refractivity (Wildman–Crippen MR) is 106 cm³/mol. The monoisotopic (exact) mass is 377 g/mol. The van der Waals surface area contributed by atoms with E-state index in [4.69, 9.17) is 0 Å². The lowest BCUT2D eigenvalue weighted by molar-refractivity contribution is -0.130. The highest BCUT2D eigenvalue weighted by Crippen LogP contribution is 2.24. The third-order valence-electron chi connectivity index (χ3n) is 5.45. The summed E-state index contributed by atoms with van der Waals surface area (Å²) in [6.45, 7) is 7.87. The maximum absolute atomic E-state index is 13.0. The molecule has 144 valence electrons. The summed E-state index contributed by atoms with van der Waals surface area (Å²) in [6, 6.07) is 8.17. The Labute approximate surface area is 163 Å². The van der Waals surface area contributed by atoms with Crippen molar-refractivity contribution in [2.45, 2.75) is 20.8 Å². The minimum absolute atomic E-state index is 0.0442. The fourth-order valence-electron chi connectivity index (χ4n) is 3.56. The van der Waals surface area contributed by atoms with Crippen LogP contribution in [-0.2, 0) is 4.79 Å². The van der Waals surface area contributed by atoms with E-state index in [2.05, 4.69) is 42.1 Å². The van der Waals surface area contributed by atoms with Crippen LogP contribution in [0.15, 0.2) is 36.7 Å². The highest BCUT2D eigenvalue weighted by atomic mass is 16.2. The Morgan fingerprint density at radius 3 is 2.36 bits per heavy atom. The zero-order chi connectivity index (χ0) is 19.8. The van der Waals surface area contributed by atoms with Gasteiger partial charge in [0.05, 0.1) is 11.9 Å². The summed E-state index contributed by atoms with van der Waals surface area (Å²) in [6.07, 6.45) is 3.30. The van der Waals surface area contributed by atoms with E-state index in [0.29, 0.717) is 37.4 Å². The number of amides is 2. The lowest BCUT2D eigenvalue weighted by Crippen LogP contribution is -2.50. The number of aryl methyl sites for hydroxylation is 2. The van der Waals surface area contributed by atoms with Gasteiger partial charge in [0.1, 0.15) is 5.56 Å². The Balaban J connectivity index is 1.66. The number of hydrogen-bond donors (Lipinski definition) is 0. The summed E-state index contributed by atoms with van der Waals surface area (Å²) in [7, 11) is 0. The summed E-state index contributed by atoms with van der Waals surface area (Å²) in [4.78, 5) is 32.5. The minimum Gasteiger partial charge on any atom is -0.339 e. The lowest BCUT2D eigenvalue weighted by Gasteiger charge is -2.34. The van der Waals surface area contributed by atoms with Gasteiger partial charge in [-0.25, -0.2) is 9.50 Å². The van der Waals surface area contributed by atoms with Gasteiger partial charge in [-0.3, -0.25) is 9.59 Å². The van der Waals surface area contributed by atoms with Crippen LogP contribution >= 0.6 is 0 Å². The van der Waals surface area contributed by atoms with Crippen molar-refractivity contribution in [3.63, 3.8) is 0 Å². The van der Waals surface area contributed by atoms with Gasteiger partial charge < -0.3 is 9.80 Å². The third kappa shape index (κ3) is 3.13. The first-order valence-corrected chi connectivity index (χ1v) is 9.41. The number of carbonyl (C=O) groups excluding carboxylic acids is 2. The maximum Gasteiger partial charge on any atom is 0.259 e. The van der Waals surface area contributed by atoms with Crippen molar-refractivity contribution in [2.24, 2.45) is 0 Å². The fourth-order valence-corrected chi connectivity index (χ4v) is 3.56. The minimum atomic E-state index is -0.0945. The molecule has 1 aliphatic heterocycles. The standard InChI is InChI=1S/C21H23N5O2/c1-14-4-5-17(12-15(14)2)19-6-7-22-20-18(13-23-26(19)20)21(28)25-10-8-24(9-11-25)16(3)27/h4-7,12-13H,8-11H2,1-3H3. The van der Waals surface area contributed by atoms with Crippen molar-refractivity contribution < 1.29 is 9.59 Å². The van der Waals surface area contributed by atoms with E-state index < -0.39 is 0 Å². The smallest absolute Gasteiger partial charge is 0.259 e. The number of aromatic nitrogens is 3. The van der Waals surface area contributed by atoms with Gasteiger partial charge >= 0.3 is 0 Å². The Kier molecular flexibility index (Phi) is 4.58. The van der Waals surface area contributed by atoms with Crippen LogP contribution in [0.1, 0.15) is 28.4 Å². The van der Waals surface area contributed by atoms with Gasteiger partial charge in [0, 0.05) is 44.9 Å². The molecule has 7 nitrogen and oxygen atoms in total. The molecule has 3 aromatic rings. The van der Waals surface area contributed by atoms with E-state index in [-0.39, 0.29) is 11.8 Å². The van der Waals surface area contributed by atoms with E-state index in [0.717, 1.165) is 11.3 Å². The normalized spacial score (nSPS) is 14.5. The molecular formula is C21H23N5O2. The molecule has 1 aliphatic rings. The number of rotatable bonds is 2. The summed E-state index contributed by atoms with van der Waals surface area (Å²) in [5, 5.41) is 4.45. The van der Waals surface area contributed by atoms with Crippen LogP contribution in [0.25, 0.3) is 16.9 Å². The Morgan fingerprint density at radius 2 is 1.68 bits per heavy atom. The second-order valence-corrected chi connectivity index (χ2v) is 7.22. The molecule has 0 bridgehead atoms. The second kappa shape index (κ2) is 7.07. The van der Waals surface area contributed by atoms with Crippen LogP contribution in [0, 0.1) is 13.8 Å². The molecule has 7 heteroatoms. The first-order valence-electron chi connectivity index (χ1n) is 9.41. The number of carbonyl (C=O) groups is 2. The van der Waals surface area contributed by atoms with E-state index in [1.807, 2.05) is 6.07 Å². The highest BCUT2D eigenvalue weighted by Gasteiger charge is 2.26. The zero-order valence-electron chi connectivity index (χ0n) is 16.3. The van der Waals surface area contributed by atoms with Crippen molar-refractivity contribution in [1.29, 1.82) is 0 Å². The van der Waals surface area contributed by atoms with Gasteiger partial charge in [0.25, 0.3) is 5.91 Å². The number of nitrogens with zero attached hydrogens (tertiary/aromatic N) is 5. The van der Waals surface area contributed by atoms with Crippen LogP contribution in [0.3, 0.4) is 0 Å². The van der Waals surface area contributed by atoms with E-state index >= 15 is 0 Å². The number of benzene rings is 1. The van der Waals surface area contributed by atoms with E-state index in [1.165, 1.54) is 11.1 Å². The molecule has 28 heavy (non-hydrogen) atoms. The van der Waals surface area contributed by atoms with Crippen LogP contribution < -0.4 is 0 Å². The molecule has 2 aromatic heterocycles. The van der Waals surface area contributed by atoms with Crippen LogP contribution in [-0.4, -0.2) is 62.4 Å². The zero-order valence-corrected chi connectivity index (χ0v) is 16.3. The van der Waals surface area contributed by atoms with Crippen molar-refractivity contribution in [2.75, 3.05) is 26.2 Å². The molecule has 2 amide bonds. The quantitative estimate of drug-likeness (QED) is 0.687. The van der Waals surface area contributed by atoms with Gasteiger partial charge in [-0.1, -0.05) is 12.1 Å². The lowest BCUT2D eigenvalue weighted by atomic mass is 10.0. The van der Waals surface area contributed by atoms with E-state index in [1.54, 1.807) is 33.6 Å². The van der Waals surface area contributed by atoms with Gasteiger partial charge in [-0.05, 0) is 37.1 Å². The number of hydrogen-bond acceptors (Lipinski definition) is 4. The molecule has 1 saturated heterocycles. The molecule has 0 spiro atoms. The number of piperazine rings is 1. The largest absolute Gasteiger partial charge is 0.339 e. The SMILES string of the molecule is CC(=O)N1CCN(C(=O)c2cnn3c(-c4ccc(C)c(C)c4)ccnc23)CC1. The van der Waals surface area contributed by atoms with Gasteiger partial charge in [-0.2, -0.15) is 5.10 Å².